The molecular formula is C21H22N2O4S. The van der Waals surface area contributed by atoms with Crippen LogP contribution >= 0.6 is 11.3 Å². The molecule has 146 valence electrons. The van der Waals surface area contributed by atoms with Crippen molar-refractivity contribution in [3.63, 3.8) is 0 Å². The van der Waals surface area contributed by atoms with Crippen molar-refractivity contribution in [1.82, 2.24) is 10.6 Å². The van der Waals surface area contributed by atoms with Gasteiger partial charge in [0.15, 0.2) is 0 Å². The zero-order valence-corrected chi connectivity index (χ0v) is 16.5. The van der Waals surface area contributed by atoms with E-state index in [-0.39, 0.29) is 13.1 Å². The fourth-order valence-corrected chi connectivity index (χ4v) is 3.88. The number of aliphatic hydroxyl groups is 1. The molecule has 0 radical (unpaired) electrons. The maximum atomic E-state index is 12.1. The highest BCUT2D eigenvalue weighted by Crippen LogP contribution is 2.32. The van der Waals surface area contributed by atoms with Gasteiger partial charge in [0.2, 0.25) is 0 Å². The SMILES string of the molecule is COc1ccccc1CNC(=O)C(=O)NCC(C)(O)c1cc2ccccc2s1. The van der Waals surface area contributed by atoms with Crippen LogP contribution in [0.4, 0.5) is 0 Å². The summed E-state index contributed by atoms with van der Waals surface area (Å²) in [4.78, 5) is 24.9. The second-order valence-corrected chi connectivity index (χ2v) is 7.68. The number of para-hydroxylation sites is 1. The summed E-state index contributed by atoms with van der Waals surface area (Å²) in [6, 6.07) is 16.9. The van der Waals surface area contributed by atoms with E-state index in [1.54, 1.807) is 20.1 Å². The van der Waals surface area contributed by atoms with Crippen LogP contribution in [-0.2, 0) is 21.7 Å². The first kappa shape index (κ1) is 19.9. The molecule has 2 amide bonds. The molecule has 2 aromatic carbocycles. The van der Waals surface area contributed by atoms with Crippen molar-refractivity contribution in [3.8, 4) is 5.75 Å². The van der Waals surface area contributed by atoms with E-state index in [2.05, 4.69) is 10.6 Å². The molecule has 3 aromatic rings. The van der Waals surface area contributed by atoms with Crippen LogP contribution in [0.2, 0.25) is 0 Å². The Morgan fingerprint density at radius 3 is 2.50 bits per heavy atom. The maximum absolute atomic E-state index is 12.1. The molecule has 1 unspecified atom stereocenters. The highest BCUT2D eigenvalue weighted by molar-refractivity contribution is 7.19. The molecule has 0 saturated carbocycles. The normalized spacial score (nSPS) is 13.0. The standard InChI is InChI=1S/C21H22N2O4S/c1-21(26,18-11-14-7-4-6-10-17(14)28-18)13-23-20(25)19(24)22-12-15-8-3-5-9-16(15)27-2/h3-11,26H,12-13H2,1-2H3,(H,22,24)(H,23,25). The third kappa shape index (κ3) is 4.49. The van der Waals surface area contributed by atoms with E-state index in [1.807, 2.05) is 48.5 Å². The molecule has 0 bridgehead atoms. The van der Waals surface area contributed by atoms with Gasteiger partial charge in [-0.1, -0.05) is 36.4 Å². The number of hydrogen-bond acceptors (Lipinski definition) is 5. The van der Waals surface area contributed by atoms with Crippen LogP contribution in [0.25, 0.3) is 10.1 Å². The number of carbonyl (C=O) groups is 2. The van der Waals surface area contributed by atoms with Gasteiger partial charge in [-0.2, -0.15) is 0 Å². The lowest BCUT2D eigenvalue weighted by Crippen LogP contribution is -2.45. The van der Waals surface area contributed by atoms with Gasteiger partial charge in [0, 0.05) is 21.7 Å². The number of fused-ring (bicyclic) bond motifs is 1. The fourth-order valence-electron chi connectivity index (χ4n) is 2.77. The van der Waals surface area contributed by atoms with Gasteiger partial charge in [0.05, 0.1) is 13.7 Å². The number of carbonyl (C=O) groups excluding carboxylic acids is 2. The molecule has 3 N–H and O–H groups in total. The quantitative estimate of drug-likeness (QED) is 0.557. The Morgan fingerprint density at radius 2 is 1.75 bits per heavy atom. The van der Waals surface area contributed by atoms with Gasteiger partial charge >= 0.3 is 11.8 Å². The van der Waals surface area contributed by atoms with Crippen molar-refractivity contribution in [2.45, 2.75) is 19.1 Å². The van der Waals surface area contributed by atoms with Crippen LogP contribution in [0.3, 0.4) is 0 Å². The minimum Gasteiger partial charge on any atom is -0.496 e. The Morgan fingerprint density at radius 1 is 1.07 bits per heavy atom. The first-order valence-electron chi connectivity index (χ1n) is 8.80. The number of benzene rings is 2. The van der Waals surface area contributed by atoms with Crippen LogP contribution in [0, 0.1) is 0 Å². The van der Waals surface area contributed by atoms with Crippen LogP contribution in [0.15, 0.2) is 54.6 Å². The molecule has 7 heteroatoms. The predicted molar refractivity (Wildman–Crippen MR) is 109 cm³/mol. The minimum absolute atomic E-state index is 0.0687. The van der Waals surface area contributed by atoms with E-state index < -0.39 is 17.4 Å². The van der Waals surface area contributed by atoms with E-state index in [0.29, 0.717) is 5.75 Å². The molecule has 0 saturated heterocycles. The molecule has 0 fully saturated rings. The van der Waals surface area contributed by atoms with Crippen molar-refractivity contribution in [1.29, 1.82) is 0 Å². The Balaban J connectivity index is 1.57. The topological polar surface area (TPSA) is 87.7 Å². The Hall–Kier alpha value is -2.90. The van der Waals surface area contributed by atoms with Gasteiger partial charge in [-0.25, -0.2) is 0 Å². The first-order chi connectivity index (χ1) is 13.4. The molecule has 28 heavy (non-hydrogen) atoms. The average Bonchev–Trinajstić information content (AvgIpc) is 3.15. The Kier molecular flexibility index (Phi) is 5.96. The molecule has 0 aliphatic heterocycles. The number of hydrogen-bond donors (Lipinski definition) is 3. The molecule has 1 atom stereocenters. The largest absolute Gasteiger partial charge is 0.496 e. The van der Waals surface area contributed by atoms with E-state index >= 15 is 0 Å². The average molecular weight is 398 g/mol. The van der Waals surface area contributed by atoms with Crippen molar-refractivity contribution >= 4 is 33.2 Å². The number of amides is 2. The van der Waals surface area contributed by atoms with Gasteiger partial charge in [0.25, 0.3) is 0 Å². The lowest BCUT2D eigenvalue weighted by atomic mass is 10.0. The summed E-state index contributed by atoms with van der Waals surface area (Å²) < 4.78 is 6.27. The zero-order valence-electron chi connectivity index (χ0n) is 15.7. The summed E-state index contributed by atoms with van der Waals surface area (Å²) in [6.45, 7) is 1.72. The van der Waals surface area contributed by atoms with Gasteiger partial charge in [-0.05, 0) is 30.5 Å². The summed E-state index contributed by atoms with van der Waals surface area (Å²) in [5, 5.41) is 16.8. The summed E-state index contributed by atoms with van der Waals surface area (Å²) in [5.74, 6) is -0.926. The molecule has 0 aliphatic carbocycles. The monoisotopic (exact) mass is 398 g/mol. The van der Waals surface area contributed by atoms with Crippen molar-refractivity contribution in [2.75, 3.05) is 13.7 Å². The molecule has 0 spiro atoms. The Bertz CT molecular complexity index is 964. The van der Waals surface area contributed by atoms with Gasteiger partial charge in [-0.3, -0.25) is 9.59 Å². The molecular weight excluding hydrogens is 376 g/mol. The van der Waals surface area contributed by atoms with Crippen molar-refractivity contribution in [2.24, 2.45) is 0 Å². The lowest BCUT2D eigenvalue weighted by Gasteiger charge is -2.22. The third-order valence-corrected chi connectivity index (χ3v) is 5.76. The van der Waals surface area contributed by atoms with Crippen LogP contribution < -0.4 is 15.4 Å². The third-order valence-electron chi connectivity index (χ3n) is 4.39. The van der Waals surface area contributed by atoms with Crippen LogP contribution in [0.5, 0.6) is 5.75 Å². The maximum Gasteiger partial charge on any atom is 0.309 e. The van der Waals surface area contributed by atoms with E-state index in [9.17, 15) is 14.7 Å². The molecule has 6 nitrogen and oxygen atoms in total. The van der Waals surface area contributed by atoms with Crippen molar-refractivity contribution in [3.05, 3.63) is 65.0 Å². The number of rotatable bonds is 6. The number of thiophene rings is 1. The van der Waals surface area contributed by atoms with Crippen LogP contribution in [-0.4, -0.2) is 30.6 Å². The lowest BCUT2D eigenvalue weighted by molar-refractivity contribution is -0.139. The van der Waals surface area contributed by atoms with E-state index in [0.717, 1.165) is 20.5 Å². The van der Waals surface area contributed by atoms with Crippen molar-refractivity contribution < 1.29 is 19.4 Å². The van der Waals surface area contributed by atoms with E-state index in [4.69, 9.17) is 4.74 Å². The number of nitrogens with one attached hydrogen (secondary N) is 2. The predicted octanol–water partition coefficient (Wildman–Crippen LogP) is 2.55. The smallest absolute Gasteiger partial charge is 0.309 e. The number of ether oxygens (including phenoxy) is 1. The second-order valence-electron chi connectivity index (χ2n) is 6.60. The van der Waals surface area contributed by atoms with Gasteiger partial charge in [0.1, 0.15) is 11.4 Å². The first-order valence-corrected chi connectivity index (χ1v) is 9.62. The second kappa shape index (κ2) is 8.41. The fraction of sp³-hybridized carbons (Fsp3) is 0.238. The number of methoxy groups -OCH3 is 1. The summed E-state index contributed by atoms with van der Waals surface area (Å²) >= 11 is 1.46. The van der Waals surface area contributed by atoms with Gasteiger partial charge in [-0.15, -0.1) is 11.3 Å². The van der Waals surface area contributed by atoms with E-state index in [1.165, 1.54) is 11.3 Å². The Labute approximate surface area is 167 Å². The summed E-state index contributed by atoms with van der Waals surface area (Å²) in [6.07, 6.45) is 0. The zero-order chi connectivity index (χ0) is 20.1. The highest BCUT2D eigenvalue weighted by atomic mass is 32.1. The summed E-state index contributed by atoms with van der Waals surface area (Å²) in [5.41, 5.74) is -0.508. The van der Waals surface area contributed by atoms with Gasteiger partial charge < -0.3 is 20.5 Å². The molecule has 1 aromatic heterocycles. The highest BCUT2D eigenvalue weighted by Gasteiger charge is 2.27. The molecule has 0 aliphatic rings. The molecule has 1 heterocycles. The summed E-state index contributed by atoms with van der Waals surface area (Å²) in [7, 11) is 1.55. The van der Waals surface area contributed by atoms with Crippen LogP contribution in [0.1, 0.15) is 17.4 Å². The molecule has 3 rings (SSSR count). The minimum atomic E-state index is -1.28.